The molecule has 122 valence electrons. The van der Waals surface area contributed by atoms with Crippen LogP contribution in [0.25, 0.3) is 0 Å². The Labute approximate surface area is 139 Å². The summed E-state index contributed by atoms with van der Waals surface area (Å²) in [7, 11) is 1.60. The number of halogens is 1. The van der Waals surface area contributed by atoms with E-state index in [1.54, 1.807) is 20.0 Å². The van der Waals surface area contributed by atoms with Crippen molar-refractivity contribution in [2.24, 2.45) is 0 Å². The van der Waals surface area contributed by atoms with E-state index in [2.05, 4.69) is 0 Å². The molecule has 6 nitrogen and oxygen atoms in total. The number of hydrogen-bond acceptors (Lipinski definition) is 4. The Balaban J connectivity index is 2.10. The highest BCUT2D eigenvalue weighted by Crippen LogP contribution is 2.46. The number of hydrogen-bond donors (Lipinski definition) is 2. The van der Waals surface area contributed by atoms with Gasteiger partial charge in [0.05, 0.1) is 22.4 Å². The Kier molecular flexibility index (Phi) is 3.75. The molecule has 23 heavy (non-hydrogen) atoms. The van der Waals surface area contributed by atoms with Crippen molar-refractivity contribution in [3.63, 3.8) is 0 Å². The first-order valence-electron chi connectivity index (χ1n) is 7.48. The summed E-state index contributed by atoms with van der Waals surface area (Å²) in [5.41, 5.74) is 0.326. The number of likely N-dealkylation sites (N-methyl/N-ethyl adjacent to an activating group) is 1. The molecule has 0 aromatic heterocycles. The number of carbonyl (C=O) groups excluding carboxylic acids is 1. The highest BCUT2D eigenvalue weighted by atomic mass is 35.5. The number of urea groups is 1. The lowest BCUT2D eigenvalue weighted by Crippen LogP contribution is -2.56. The fourth-order valence-electron chi connectivity index (χ4n) is 3.79. The molecule has 1 aliphatic carbocycles. The van der Waals surface area contributed by atoms with Crippen LogP contribution in [0.2, 0.25) is 5.02 Å². The minimum atomic E-state index is -1.17. The summed E-state index contributed by atoms with van der Waals surface area (Å²) in [5, 5.41) is 30.5. The van der Waals surface area contributed by atoms with Crippen molar-refractivity contribution >= 4 is 23.3 Å². The van der Waals surface area contributed by atoms with E-state index in [9.17, 15) is 15.0 Å². The van der Waals surface area contributed by atoms with Gasteiger partial charge < -0.3 is 15.1 Å². The fraction of sp³-hybridized carbons (Fsp3) is 0.500. The largest absolute Gasteiger partial charge is 0.390 e. The normalized spacial score (nSPS) is 30.3. The van der Waals surface area contributed by atoms with Crippen molar-refractivity contribution in [2.75, 3.05) is 11.9 Å². The molecule has 1 heterocycles. The number of benzene rings is 1. The Hall–Kier alpha value is -1.81. The van der Waals surface area contributed by atoms with Gasteiger partial charge in [-0.05, 0) is 43.9 Å². The number of nitriles is 1. The molecule has 1 aliphatic heterocycles. The Bertz CT molecular complexity index is 717. The average molecular weight is 336 g/mol. The van der Waals surface area contributed by atoms with E-state index in [-0.39, 0.29) is 11.1 Å². The van der Waals surface area contributed by atoms with Crippen LogP contribution in [0, 0.1) is 18.3 Å². The first-order chi connectivity index (χ1) is 10.9. The molecule has 7 heteroatoms. The third-order valence-electron chi connectivity index (χ3n) is 5.18. The second-order valence-corrected chi connectivity index (χ2v) is 6.55. The summed E-state index contributed by atoms with van der Waals surface area (Å²) >= 11 is 6.18. The summed E-state index contributed by atoms with van der Waals surface area (Å²) < 4.78 is 0. The molecule has 1 aromatic carbocycles. The van der Waals surface area contributed by atoms with Crippen LogP contribution in [-0.2, 0) is 0 Å². The second-order valence-electron chi connectivity index (χ2n) is 6.17. The molecule has 1 aromatic rings. The van der Waals surface area contributed by atoms with Crippen molar-refractivity contribution in [1.29, 1.82) is 5.26 Å². The van der Waals surface area contributed by atoms with Crippen LogP contribution in [0.5, 0.6) is 0 Å². The lowest BCUT2D eigenvalue weighted by Gasteiger charge is -2.36. The first kappa shape index (κ1) is 16.1. The summed E-state index contributed by atoms with van der Waals surface area (Å²) in [6.45, 7) is 1.70. The van der Waals surface area contributed by atoms with Crippen molar-refractivity contribution in [1.82, 2.24) is 4.90 Å². The molecule has 3 atom stereocenters. The molecule has 0 radical (unpaired) electrons. The van der Waals surface area contributed by atoms with E-state index in [4.69, 9.17) is 16.9 Å². The lowest BCUT2D eigenvalue weighted by atomic mass is 9.92. The third-order valence-corrected chi connectivity index (χ3v) is 5.67. The number of nitrogens with zero attached hydrogens (tertiary/aromatic N) is 3. The molecule has 2 aliphatic rings. The van der Waals surface area contributed by atoms with E-state index >= 15 is 0 Å². The zero-order chi connectivity index (χ0) is 16.9. The molecule has 2 amide bonds. The van der Waals surface area contributed by atoms with Crippen LogP contribution < -0.4 is 4.90 Å². The van der Waals surface area contributed by atoms with Crippen molar-refractivity contribution in [3.05, 3.63) is 28.3 Å². The van der Waals surface area contributed by atoms with E-state index in [0.29, 0.717) is 29.7 Å². The van der Waals surface area contributed by atoms with Crippen LogP contribution in [0.1, 0.15) is 30.4 Å². The number of carbonyl (C=O) groups is 1. The van der Waals surface area contributed by atoms with Gasteiger partial charge in [0.15, 0.2) is 6.23 Å². The zero-order valence-corrected chi connectivity index (χ0v) is 13.7. The summed E-state index contributed by atoms with van der Waals surface area (Å²) in [6, 6.07) is 4.74. The maximum Gasteiger partial charge on any atom is 0.327 e. The second kappa shape index (κ2) is 5.38. The van der Waals surface area contributed by atoms with Gasteiger partial charge in [-0.2, -0.15) is 5.26 Å². The highest BCUT2D eigenvalue weighted by Gasteiger charge is 2.61. The Morgan fingerprint density at radius 3 is 2.70 bits per heavy atom. The predicted octanol–water partition coefficient (Wildman–Crippen LogP) is 1.99. The van der Waals surface area contributed by atoms with Crippen LogP contribution in [-0.4, -0.2) is 46.1 Å². The smallest absolute Gasteiger partial charge is 0.327 e. The summed E-state index contributed by atoms with van der Waals surface area (Å²) in [4.78, 5) is 15.4. The van der Waals surface area contributed by atoms with Crippen molar-refractivity contribution < 1.29 is 15.0 Å². The molecular formula is C16H18ClN3O3. The molecule has 3 rings (SSSR count). The van der Waals surface area contributed by atoms with Gasteiger partial charge in [-0.3, -0.25) is 4.90 Å². The average Bonchev–Trinajstić information content (AvgIpc) is 3.00. The maximum absolute atomic E-state index is 12.7. The van der Waals surface area contributed by atoms with E-state index in [0.717, 1.165) is 6.42 Å². The van der Waals surface area contributed by atoms with Gasteiger partial charge in [0.1, 0.15) is 11.6 Å². The Morgan fingerprint density at radius 2 is 2.13 bits per heavy atom. The molecule has 1 saturated heterocycles. The minimum Gasteiger partial charge on any atom is -0.390 e. The van der Waals surface area contributed by atoms with Crippen LogP contribution in [0.4, 0.5) is 10.5 Å². The fourth-order valence-corrected chi connectivity index (χ4v) is 3.99. The molecule has 2 fully saturated rings. The predicted molar refractivity (Wildman–Crippen MR) is 85.1 cm³/mol. The van der Waals surface area contributed by atoms with Crippen molar-refractivity contribution in [2.45, 2.75) is 44.1 Å². The summed E-state index contributed by atoms with van der Waals surface area (Å²) in [6.07, 6.45) is -0.102. The molecule has 1 spiro atoms. The van der Waals surface area contributed by atoms with Gasteiger partial charge >= 0.3 is 6.03 Å². The summed E-state index contributed by atoms with van der Waals surface area (Å²) in [5.74, 6) is 0. The molecule has 1 saturated carbocycles. The topological polar surface area (TPSA) is 87.8 Å². The van der Waals surface area contributed by atoms with Crippen LogP contribution >= 0.6 is 11.6 Å². The standard InChI is InChI=1S/C16H18ClN3O3/c1-9-11(6-5-10(8-18)13(9)17)20-14(22)16(19(2)15(20)23)7-3-4-12(16)21/h5-6,12,14,21-22H,3-4,7H2,1-2H3/t12-,14+,16+/m0/s1. The number of aliphatic hydroxyl groups is 2. The number of rotatable bonds is 1. The van der Waals surface area contributed by atoms with E-state index in [1.807, 2.05) is 6.07 Å². The quantitative estimate of drug-likeness (QED) is 0.821. The van der Waals surface area contributed by atoms with E-state index in [1.165, 1.54) is 15.9 Å². The monoisotopic (exact) mass is 335 g/mol. The van der Waals surface area contributed by atoms with Gasteiger partial charge in [-0.1, -0.05) is 11.6 Å². The van der Waals surface area contributed by atoms with Gasteiger partial charge in [-0.25, -0.2) is 4.79 Å². The minimum absolute atomic E-state index is 0.264. The van der Waals surface area contributed by atoms with Gasteiger partial charge in [-0.15, -0.1) is 0 Å². The SMILES string of the molecule is Cc1c(N2C(=O)N(C)[C@@]3(CCC[C@@H]3O)[C@H]2O)ccc(C#N)c1Cl. The van der Waals surface area contributed by atoms with Gasteiger partial charge in [0.25, 0.3) is 0 Å². The van der Waals surface area contributed by atoms with Crippen molar-refractivity contribution in [3.8, 4) is 6.07 Å². The molecule has 0 unspecified atom stereocenters. The number of anilines is 1. The molecule has 0 bridgehead atoms. The maximum atomic E-state index is 12.7. The molecular weight excluding hydrogens is 318 g/mol. The zero-order valence-electron chi connectivity index (χ0n) is 13.0. The molecule has 2 N–H and O–H groups in total. The van der Waals surface area contributed by atoms with Gasteiger partial charge in [0, 0.05) is 7.05 Å². The first-order valence-corrected chi connectivity index (χ1v) is 7.86. The number of aliphatic hydroxyl groups excluding tert-OH is 2. The lowest BCUT2D eigenvalue weighted by molar-refractivity contribution is -0.0310. The third kappa shape index (κ3) is 1.97. The Morgan fingerprint density at radius 1 is 1.43 bits per heavy atom. The highest BCUT2D eigenvalue weighted by molar-refractivity contribution is 6.33. The van der Waals surface area contributed by atoms with Crippen LogP contribution in [0.15, 0.2) is 12.1 Å². The number of amides is 2. The van der Waals surface area contributed by atoms with Gasteiger partial charge in [0.2, 0.25) is 0 Å². The van der Waals surface area contributed by atoms with Crippen LogP contribution in [0.3, 0.4) is 0 Å². The van der Waals surface area contributed by atoms with E-state index < -0.39 is 17.9 Å².